The van der Waals surface area contributed by atoms with E-state index in [9.17, 15) is 9.59 Å². The number of nitrogens with zero attached hydrogens (tertiary/aromatic N) is 6. The fourth-order valence-electron chi connectivity index (χ4n) is 4.91. The molecule has 38 heavy (non-hydrogen) atoms. The number of carbonyl (C=O) groups is 2. The van der Waals surface area contributed by atoms with Crippen LogP contribution >= 0.6 is 0 Å². The van der Waals surface area contributed by atoms with Crippen molar-refractivity contribution in [3.63, 3.8) is 0 Å². The molecule has 2 fully saturated rings. The van der Waals surface area contributed by atoms with Crippen LogP contribution in [0.1, 0.15) is 65.3 Å². The fourth-order valence-corrected chi connectivity index (χ4v) is 4.91. The van der Waals surface area contributed by atoms with Crippen molar-refractivity contribution >= 4 is 40.2 Å². The lowest BCUT2D eigenvalue weighted by atomic mass is 9.97. The largest absolute Gasteiger partial charge is 0.440 e. The van der Waals surface area contributed by atoms with E-state index < -0.39 is 5.91 Å². The fraction of sp³-hybridized carbons (Fsp3) is 0.385. The van der Waals surface area contributed by atoms with E-state index in [-0.39, 0.29) is 29.5 Å². The number of primary amides is 1. The van der Waals surface area contributed by atoms with Crippen LogP contribution in [0.25, 0.3) is 11.1 Å². The number of amides is 2. The van der Waals surface area contributed by atoms with Crippen molar-refractivity contribution in [3.8, 4) is 0 Å². The first-order valence-electron chi connectivity index (χ1n) is 12.8. The molecule has 12 nitrogen and oxygen atoms in total. The van der Waals surface area contributed by atoms with Gasteiger partial charge in [-0.15, -0.1) is 0 Å². The lowest BCUT2D eigenvalue weighted by Gasteiger charge is -2.40. The second-order valence-electron chi connectivity index (χ2n) is 9.98. The SMILES string of the molecule is C[C@@H]1[C@H](NC(=O)c2ccc3oc(C4CC4)nc3c2)CCCN1c1cnc(C(N)=O)c(Nc2cnn(C)c2)n1. The third-order valence-electron chi connectivity index (χ3n) is 7.15. The van der Waals surface area contributed by atoms with Crippen LogP contribution in [0, 0.1) is 0 Å². The summed E-state index contributed by atoms with van der Waals surface area (Å²) >= 11 is 0. The molecule has 6 rings (SSSR count). The molecule has 196 valence electrons. The van der Waals surface area contributed by atoms with Crippen LogP contribution in [0.4, 0.5) is 17.3 Å². The maximum Gasteiger partial charge on any atom is 0.271 e. The van der Waals surface area contributed by atoms with Crippen LogP contribution in [0.3, 0.4) is 0 Å². The van der Waals surface area contributed by atoms with E-state index in [0.29, 0.717) is 34.1 Å². The van der Waals surface area contributed by atoms with E-state index in [4.69, 9.17) is 10.2 Å². The number of benzene rings is 1. The molecule has 0 unspecified atom stereocenters. The van der Waals surface area contributed by atoms with Crippen molar-refractivity contribution in [1.29, 1.82) is 0 Å². The van der Waals surface area contributed by atoms with Crippen LogP contribution in [-0.4, -0.2) is 55.2 Å². The van der Waals surface area contributed by atoms with Crippen molar-refractivity contribution in [1.82, 2.24) is 30.0 Å². The quantitative estimate of drug-likeness (QED) is 0.337. The van der Waals surface area contributed by atoms with Crippen molar-refractivity contribution < 1.29 is 14.0 Å². The lowest BCUT2D eigenvalue weighted by molar-refractivity contribution is 0.0923. The smallest absolute Gasteiger partial charge is 0.271 e. The summed E-state index contributed by atoms with van der Waals surface area (Å²) in [6, 6.07) is 5.20. The molecule has 0 radical (unpaired) electrons. The third-order valence-corrected chi connectivity index (χ3v) is 7.15. The van der Waals surface area contributed by atoms with E-state index >= 15 is 0 Å². The summed E-state index contributed by atoms with van der Waals surface area (Å²) in [6.45, 7) is 2.78. The lowest BCUT2D eigenvalue weighted by Crippen LogP contribution is -2.54. The standard InChI is InChI=1S/C26H29N9O3/c1-14-18(31-25(37)16-7-8-20-19(10-16)32-26(38-20)15-5-6-15)4-3-9-35(14)21-12-28-22(23(27)36)24(33-21)30-17-11-29-34(2)13-17/h7-8,10-15,18H,3-6,9H2,1-2H3,(H2,27,36)(H,30,33)(H,31,37)/t14-,18-/m1/s1. The Morgan fingerprint density at radius 1 is 1.16 bits per heavy atom. The molecular weight excluding hydrogens is 486 g/mol. The number of fused-ring (bicyclic) bond motifs is 1. The number of aromatic nitrogens is 5. The molecule has 0 spiro atoms. The number of nitrogens with one attached hydrogen (secondary N) is 2. The summed E-state index contributed by atoms with van der Waals surface area (Å²) in [5.74, 6) is 1.18. The molecule has 2 atom stereocenters. The van der Waals surface area contributed by atoms with E-state index in [1.807, 2.05) is 13.0 Å². The molecule has 1 saturated heterocycles. The molecule has 4 N–H and O–H groups in total. The Bertz CT molecular complexity index is 1520. The minimum atomic E-state index is -0.680. The molecule has 12 heteroatoms. The van der Waals surface area contributed by atoms with Crippen LogP contribution in [0.5, 0.6) is 0 Å². The maximum absolute atomic E-state index is 13.2. The molecule has 2 amide bonds. The second kappa shape index (κ2) is 9.43. The zero-order valence-corrected chi connectivity index (χ0v) is 21.2. The van der Waals surface area contributed by atoms with Gasteiger partial charge in [0.05, 0.1) is 18.1 Å². The highest BCUT2D eigenvalue weighted by molar-refractivity contribution is 5.97. The third kappa shape index (κ3) is 4.64. The predicted octanol–water partition coefficient (Wildman–Crippen LogP) is 2.86. The Hall–Kier alpha value is -4.48. The highest BCUT2D eigenvalue weighted by Crippen LogP contribution is 2.40. The van der Waals surface area contributed by atoms with Gasteiger partial charge in [-0.2, -0.15) is 5.10 Å². The van der Waals surface area contributed by atoms with Gasteiger partial charge in [0.1, 0.15) is 11.3 Å². The molecule has 3 aromatic heterocycles. The molecule has 1 aromatic carbocycles. The molecule has 1 saturated carbocycles. The number of piperidine rings is 1. The molecule has 1 aliphatic heterocycles. The Morgan fingerprint density at radius 3 is 2.74 bits per heavy atom. The average molecular weight is 516 g/mol. The number of oxazole rings is 1. The zero-order chi connectivity index (χ0) is 26.4. The summed E-state index contributed by atoms with van der Waals surface area (Å²) in [7, 11) is 1.79. The van der Waals surface area contributed by atoms with Crippen molar-refractivity contribution in [2.75, 3.05) is 16.8 Å². The minimum Gasteiger partial charge on any atom is -0.440 e. The molecule has 4 aromatic rings. The summed E-state index contributed by atoms with van der Waals surface area (Å²) in [5.41, 5.74) is 8.20. The number of anilines is 3. The summed E-state index contributed by atoms with van der Waals surface area (Å²) in [5, 5.41) is 10.4. The van der Waals surface area contributed by atoms with Crippen LogP contribution in [0.2, 0.25) is 0 Å². The van der Waals surface area contributed by atoms with Gasteiger partial charge < -0.3 is 25.7 Å². The number of nitrogens with two attached hydrogens (primary N) is 1. The normalized spacial score (nSPS) is 19.5. The summed E-state index contributed by atoms with van der Waals surface area (Å²) in [6.07, 6.45) is 8.82. The predicted molar refractivity (Wildman–Crippen MR) is 140 cm³/mol. The number of aryl methyl sites for hydroxylation is 1. The number of carbonyl (C=O) groups excluding carboxylic acids is 2. The van der Waals surface area contributed by atoms with Crippen LogP contribution < -0.4 is 21.3 Å². The first kappa shape index (κ1) is 23.9. The maximum atomic E-state index is 13.2. The first-order chi connectivity index (χ1) is 18.4. The summed E-state index contributed by atoms with van der Waals surface area (Å²) < 4.78 is 7.46. The Morgan fingerprint density at radius 2 is 2.00 bits per heavy atom. The monoisotopic (exact) mass is 515 g/mol. The van der Waals surface area contributed by atoms with Gasteiger partial charge in [0.15, 0.2) is 23.0 Å². The van der Waals surface area contributed by atoms with Crippen LogP contribution in [0.15, 0.2) is 41.2 Å². The molecule has 1 aliphatic carbocycles. The van der Waals surface area contributed by atoms with E-state index in [0.717, 1.165) is 38.1 Å². The van der Waals surface area contributed by atoms with Crippen molar-refractivity contribution in [3.05, 3.63) is 53.9 Å². The minimum absolute atomic E-state index is 0.0419. The van der Waals surface area contributed by atoms with Gasteiger partial charge in [0, 0.05) is 43.4 Å². The Kier molecular flexibility index (Phi) is 5.93. The van der Waals surface area contributed by atoms with Gasteiger partial charge in [-0.1, -0.05) is 0 Å². The highest BCUT2D eigenvalue weighted by Gasteiger charge is 2.32. The van der Waals surface area contributed by atoms with Gasteiger partial charge in [0.25, 0.3) is 11.8 Å². The number of rotatable bonds is 7. The van der Waals surface area contributed by atoms with E-state index in [1.54, 1.807) is 42.5 Å². The zero-order valence-electron chi connectivity index (χ0n) is 21.2. The molecule has 2 aliphatic rings. The van der Waals surface area contributed by atoms with E-state index in [1.165, 1.54) is 0 Å². The van der Waals surface area contributed by atoms with Gasteiger partial charge in [0.2, 0.25) is 0 Å². The molecule has 0 bridgehead atoms. The number of hydrogen-bond acceptors (Lipinski definition) is 9. The van der Waals surface area contributed by atoms with Crippen molar-refractivity contribution in [2.24, 2.45) is 12.8 Å². The second-order valence-corrected chi connectivity index (χ2v) is 9.98. The van der Waals surface area contributed by atoms with Gasteiger partial charge in [-0.3, -0.25) is 14.3 Å². The molecule has 4 heterocycles. The van der Waals surface area contributed by atoms with Gasteiger partial charge in [-0.25, -0.2) is 15.0 Å². The average Bonchev–Trinajstić information content (AvgIpc) is 3.54. The van der Waals surface area contributed by atoms with Crippen molar-refractivity contribution in [2.45, 2.75) is 50.6 Å². The van der Waals surface area contributed by atoms with Gasteiger partial charge >= 0.3 is 0 Å². The summed E-state index contributed by atoms with van der Waals surface area (Å²) in [4.78, 5) is 40.8. The molecular formula is C26H29N9O3. The van der Waals surface area contributed by atoms with Gasteiger partial charge in [-0.05, 0) is 50.8 Å². The highest BCUT2D eigenvalue weighted by atomic mass is 16.3. The Balaban J connectivity index is 1.20. The Labute approximate surface area is 218 Å². The topological polar surface area (TPSA) is 157 Å². The van der Waals surface area contributed by atoms with Crippen LogP contribution in [-0.2, 0) is 7.05 Å². The number of hydrogen-bond donors (Lipinski definition) is 3. The first-order valence-corrected chi connectivity index (χ1v) is 12.8. The van der Waals surface area contributed by atoms with E-state index in [2.05, 4.69) is 35.6 Å².